The van der Waals surface area contributed by atoms with Crippen LogP contribution in [0.5, 0.6) is 0 Å². The van der Waals surface area contributed by atoms with Crippen molar-refractivity contribution >= 4 is 23.2 Å². The molecule has 1 saturated carbocycles. The first kappa shape index (κ1) is 24.1. The highest BCUT2D eigenvalue weighted by Gasteiger charge is 2.60. The normalized spacial score (nSPS) is 19.6. The lowest BCUT2D eigenvalue weighted by Crippen LogP contribution is -2.38. The highest BCUT2D eigenvalue weighted by Crippen LogP contribution is 2.57. The Morgan fingerprint density at radius 2 is 1.92 bits per heavy atom. The van der Waals surface area contributed by atoms with E-state index < -0.39 is 30.4 Å². The van der Waals surface area contributed by atoms with Gasteiger partial charge in [0.25, 0.3) is 0 Å². The van der Waals surface area contributed by atoms with Gasteiger partial charge in [0.05, 0.1) is 11.3 Å². The molecule has 1 atom stereocenters. The van der Waals surface area contributed by atoms with Gasteiger partial charge in [-0.15, -0.1) is 0 Å². The molecule has 0 spiro atoms. The van der Waals surface area contributed by atoms with Gasteiger partial charge >= 0.3 is 12.1 Å². The fourth-order valence-electron chi connectivity index (χ4n) is 5.09. The molecule has 196 valence electrons. The van der Waals surface area contributed by atoms with E-state index in [2.05, 4.69) is 30.2 Å². The van der Waals surface area contributed by atoms with Crippen LogP contribution in [0.2, 0.25) is 0 Å². The highest BCUT2D eigenvalue weighted by molar-refractivity contribution is 6.10. The van der Waals surface area contributed by atoms with Gasteiger partial charge < -0.3 is 15.5 Å². The Balaban J connectivity index is 1.44. The lowest BCUT2D eigenvalue weighted by Gasteiger charge is -2.28. The van der Waals surface area contributed by atoms with Gasteiger partial charge in [0.1, 0.15) is 22.7 Å². The number of amides is 1. The zero-order valence-electron chi connectivity index (χ0n) is 19.5. The Labute approximate surface area is 211 Å². The second kappa shape index (κ2) is 8.13. The van der Waals surface area contributed by atoms with E-state index in [-0.39, 0.29) is 46.3 Å². The van der Waals surface area contributed by atoms with Gasteiger partial charge in [-0.1, -0.05) is 6.07 Å². The summed E-state index contributed by atoms with van der Waals surface area (Å²) in [5, 5.41) is 2.80. The number of alkyl halides is 5. The molecule has 0 bridgehead atoms. The summed E-state index contributed by atoms with van der Waals surface area (Å²) in [4.78, 5) is 34.8. The van der Waals surface area contributed by atoms with Crippen molar-refractivity contribution in [3.05, 3.63) is 59.9 Å². The fourth-order valence-corrected chi connectivity index (χ4v) is 5.09. The Bertz CT molecular complexity index is 1570. The smallest absolute Gasteiger partial charge is 0.383 e. The average Bonchev–Trinajstić information content (AvgIpc) is 3.52. The lowest BCUT2D eigenvalue weighted by atomic mass is 9.72. The molecule has 0 aromatic carbocycles. The number of nitrogen functional groups attached to an aromatic ring is 1. The van der Waals surface area contributed by atoms with E-state index in [0.717, 1.165) is 12.8 Å². The van der Waals surface area contributed by atoms with Crippen molar-refractivity contribution < 1.29 is 26.7 Å². The van der Waals surface area contributed by atoms with E-state index in [1.807, 2.05) is 0 Å². The van der Waals surface area contributed by atoms with Gasteiger partial charge in [-0.05, 0) is 36.8 Å². The third-order valence-corrected chi connectivity index (χ3v) is 6.99. The molecule has 1 fully saturated rings. The molecule has 1 aliphatic heterocycles. The number of nitrogens with one attached hydrogen (secondary N) is 1. The summed E-state index contributed by atoms with van der Waals surface area (Å²) in [7, 11) is 0. The first-order chi connectivity index (χ1) is 18.0. The van der Waals surface area contributed by atoms with Crippen LogP contribution < -0.4 is 11.1 Å². The zero-order valence-corrected chi connectivity index (χ0v) is 19.5. The van der Waals surface area contributed by atoms with Gasteiger partial charge in [0.2, 0.25) is 5.91 Å². The molecule has 6 rings (SSSR count). The van der Waals surface area contributed by atoms with Crippen molar-refractivity contribution in [2.24, 2.45) is 5.92 Å². The predicted octanol–water partition coefficient (Wildman–Crippen LogP) is 3.94. The minimum absolute atomic E-state index is 0.0213. The first-order valence-corrected chi connectivity index (χ1v) is 11.7. The van der Waals surface area contributed by atoms with Crippen molar-refractivity contribution in [3.63, 3.8) is 0 Å². The third-order valence-electron chi connectivity index (χ3n) is 6.99. The van der Waals surface area contributed by atoms with Crippen LogP contribution in [0.25, 0.3) is 17.2 Å². The predicted molar refractivity (Wildman–Crippen MR) is 124 cm³/mol. The van der Waals surface area contributed by atoms with Crippen molar-refractivity contribution in [2.45, 2.75) is 43.2 Å². The molecule has 0 saturated heterocycles. The summed E-state index contributed by atoms with van der Waals surface area (Å²) in [5.74, 6) is -5.05. The number of carbonyl (C=O) groups is 1. The molecule has 1 unspecified atom stereocenters. The first-order valence-electron chi connectivity index (χ1n) is 11.7. The Morgan fingerprint density at radius 3 is 2.61 bits per heavy atom. The molecule has 5 heterocycles. The molecule has 2 aliphatic rings. The van der Waals surface area contributed by atoms with E-state index in [9.17, 15) is 26.7 Å². The summed E-state index contributed by atoms with van der Waals surface area (Å²) >= 11 is 0. The quantitative estimate of drug-likeness (QED) is 0.362. The number of halogens is 5. The van der Waals surface area contributed by atoms with Gasteiger partial charge in [-0.2, -0.15) is 22.0 Å². The maximum Gasteiger partial charge on any atom is 0.453 e. The van der Waals surface area contributed by atoms with Crippen LogP contribution in [0.1, 0.15) is 36.1 Å². The number of aromatic nitrogens is 6. The van der Waals surface area contributed by atoms with Gasteiger partial charge in [-0.3, -0.25) is 9.78 Å². The van der Waals surface area contributed by atoms with Crippen LogP contribution in [0.3, 0.4) is 0 Å². The van der Waals surface area contributed by atoms with Gasteiger partial charge in [-0.25, -0.2) is 19.9 Å². The average molecular weight is 530 g/mol. The number of fused-ring (bicyclic) bond motifs is 2. The number of anilines is 2. The van der Waals surface area contributed by atoms with Crippen LogP contribution >= 0.6 is 0 Å². The summed E-state index contributed by atoms with van der Waals surface area (Å²) in [6, 6.07) is 3.52. The SMILES string of the molecule is Nc1nc(-c2cn3ccnc3c(CCC(F)(F)C(F)(F)F)n2)nc2c1C(c1cccnc1)(C1CC1)C(=O)N2. The number of nitrogens with zero attached hydrogens (tertiary/aromatic N) is 6. The van der Waals surface area contributed by atoms with E-state index in [1.54, 1.807) is 24.5 Å². The number of nitrogens with two attached hydrogens (primary N) is 1. The van der Waals surface area contributed by atoms with Crippen LogP contribution in [0.15, 0.2) is 43.1 Å². The number of hydrogen-bond acceptors (Lipinski definition) is 7. The summed E-state index contributed by atoms with van der Waals surface area (Å²) in [6.07, 6.45) is 1.22. The molecule has 0 radical (unpaired) electrons. The molecule has 4 aromatic rings. The molecular weight excluding hydrogens is 511 g/mol. The van der Waals surface area contributed by atoms with Gasteiger partial charge in [0.15, 0.2) is 11.5 Å². The number of hydrogen-bond donors (Lipinski definition) is 2. The zero-order chi connectivity index (χ0) is 26.9. The Kier molecular flexibility index (Phi) is 5.16. The molecule has 1 amide bonds. The minimum atomic E-state index is -5.69. The van der Waals surface area contributed by atoms with Crippen molar-refractivity contribution in [2.75, 3.05) is 11.1 Å². The van der Waals surface area contributed by atoms with Crippen molar-refractivity contribution in [3.8, 4) is 11.5 Å². The highest BCUT2D eigenvalue weighted by atomic mass is 19.4. The summed E-state index contributed by atoms with van der Waals surface area (Å²) in [6.45, 7) is 0. The number of imidazole rings is 1. The Hall–Kier alpha value is -4.23. The minimum Gasteiger partial charge on any atom is -0.383 e. The molecular formula is C24H19F5N8O. The van der Waals surface area contributed by atoms with Crippen LogP contribution in [-0.2, 0) is 16.6 Å². The maximum atomic E-state index is 13.6. The van der Waals surface area contributed by atoms with Crippen molar-refractivity contribution in [1.29, 1.82) is 0 Å². The molecule has 4 aromatic heterocycles. The summed E-state index contributed by atoms with van der Waals surface area (Å²) in [5.41, 5.74) is 6.48. The second-order valence-corrected chi connectivity index (χ2v) is 9.37. The molecule has 9 nitrogen and oxygen atoms in total. The van der Waals surface area contributed by atoms with E-state index in [0.29, 0.717) is 11.1 Å². The fraction of sp³-hybridized carbons (Fsp3) is 0.333. The third kappa shape index (κ3) is 3.57. The largest absolute Gasteiger partial charge is 0.453 e. The van der Waals surface area contributed by atoms with E-state index >= 15 is 0 Å². The standard InChI is InChI=1S/C24H19F5N8O/c25-22(26,24(27,28)29)6-5-14-20-32-8-9-37(20)11-15(33-14)18-34-17(30)16-19(35-18)36-21(38)23(16,12-3-4-12)13-2-1-7-31-10-13/h1-2,7-12H,3-6H2,(H3,30,34,35,36,38). The maximum absolute atomic E-state index is 13.6. The molecule has 38 heavy (non-hydrogen) atoms. The van der Waals surface area contributed by atoms with E-state index in [4.69, 9.17) is 5.73 Å². The van der Waals surface area contributed by atoms with Crippen molar-refractivity contribution in [1.82, 2.24) is 29.3 Å². The van der Waals surface area contributed by atoms with Crippen LogP contribution in [0, 0.1) is 5.92 Å². The number of rotatable bonds is 6. The number of aryl methyl sites for hydroxylation is 1. The second-order valence-electron chi connectivity index (χ2n) is 9.37. The van der Waals surface area contributed by atoms with Crippen LogP contribution in [0.4, 0.5) is 33.6 Å². The summed E-state index contributed by atoms with van der Waals surface area (Å²) < 4.78 is 66.8. The monoisotopic (exact) mass is 530 g/mol. The molecule has 3 N–H and O–H groups in total. The Morgan fingerprint density at radius 1 is 1.13 bits per heavy atom. The topological polar surface area (TPSA) is 124 Å². The number of carbonyl (C=O) groups excluding carboxylic acids is 1. The van der Waals surface area contributed by atoms with E-state index in [1.165, 1.54) is 23.0 Å². The van der Waals surface area contributed by atoms with Gasteiger partial charge in [0, 0.05) is 37.4 Å². The molecule has 14 heteroatoms. The molecule has 1 aliphatic carbocycles. The lowest BCUT2D eigenvalue weighted by molar-refractivity contribution is -0.284. The van der Waals surface area contributed by atoms with Crippen LogP contribution in [-0.4, -0.2) is 47.3 Å². The number of pyridine rings is 1.